The standard InChI is InChI=1S/C11H14O2S/c1-8(7-14-2)9-5-3-4-6-10(9)11(12)13/h3-6,8H,7H2,1-2H3,(H,12,13). The minimum absolute atomic E-state index is 0.289. The zero-order valence-corrected chi connectivity index (χ0v) is 9.17. The van der Waals surface area contributed by atoms with Crippen LogP contribution in [0, 0.1) is 0 Å². The Morgan fingerprint density at radius 1 is 1.50 bits per heavy atom. The molecule has 0 aliphatic heterocycles. The van der Waals surface area contributed by atoms with Crippen molar-refractivity contribution in [2.75, 3.05) is 12.0 Å². The molecule has 0 aliphatic carbocycles. The molecule has 0 saturated heterocycles. The van der Waals surface area contributed by atoms with Gasteiger partial charge in [0.25, 0.3) is 0 Å². The Bertz CT molecular complexity index is 323. The molecule has 0 fully saturated rings. The Labute approximate surface area is 88.3 Å². The van der Waals surface area contributed by atoms with Crippen LogP contribution in [-0.2, 0) is 0 Å². The number of rotatable bonds is 4. The number of carboxylic acid groups (broad SMARTS) is 1. The summed E-state index contributed by atoms with van der Waals surface area (Å²) in [6.07, 6.45) is 2.03. The van der Waals surface area contributed by atoms with Crippen LogP contribution in [-0.4, -0.2) is 23.1 Å². The summed E-state index contributed by atoms with van der Waals surface area (Å²) in [5.74, 6) is 0.399. The van der Waals surface area contributed by atoms with Gasteiger partial charge in [-0.25, -0.2) is 4.79 Å². The molecule has 0 heterocycles. The second-order valence-corrected chi connectivity index (χ2v) is 4.16. The van der Waals surface area contributed by atoms with Crippen molar-refractivity contribution >= 4 is 17.7 Å². The van der Waals surface area contributed by atoms with Crippen LogP contribution in [0.2, 0.25) is 0 Å². The van der Waals surface area contributed by atoms with Crippen molar-refractivity contribution in [1.82, 2.24) is 0 Å². The molecule has 0 aromatic heterocycles. The molecular formula is C11H14O2S. The maximum atomic E-state index is 10.9. The van der Waals surface area contributed by atoms with Gasteiger partial charge >= 0.3 is 5.97 Å². The van der Waals surface area contributed by atoms with Gasteiger partial charge in [0.1, 0.15) is 0 Å². The summed E-state index contributed by atoms with van der Waals surface area (Å²) in [7, 11) is 0. The predicted molar refractivity (Wildman–Crippen MR) is 60.2 cm³/mol. The van der Waals surface area contributed by atoms with Crippen LogP contribution in [0.3, 0.4) is 0 Å². The average molecular weight is 210 g/mol. The van der Waals surface area contributed by atoms with E-state index >= 15 is 0 Å². The van der Waals surface area contributed by atoms with Crippen molar-refractivity contribution in [2.45, 2.75) is 12.8 Å². The van der Waals surface area contributed by atoms with Gasteiger partial charge in [-0.15, -0.1) is 0 Å². The summed E-state index contributed by atoms with van der Waals surface area (Å²) < 4.78 is 0. The molecule has 2 nitrogen and oxygen atoms in total. The number of aromatic carboxylic acids is 1. The number of hydrogen-bond acceptors (Lipinski definition) is 2. The van der Waals surface area contributed by atoms with Gasteiger partial charge in [-0.05, 0) is 29.6 Å². The lowest BCUT2D eigenvalue weighted by atomic mass is 9.97. The first-order chi connectivity index (χ1) is 6.66. The second-order valence-electron chi connectivity index (χ2n) is 3.25. The Balaban J connectivity index is 3.00. The summed E-state index contributed by atoms with van der Waals surface area (Å²) in [5, 5.41) is 8.98. The van der Waals surface area contributed by atoms with Crippen molar-refractivity contribution in [3.8, 4) is 0 Å². The molecule has 14 heavy (non-hydrogen) atoms. The molecule has 1 N–H and O–H groups in total. The molecule has 0 saturated carbocycles. The van der Waals surface area contributed by atoms with E-state index in [2.05, 4.69) is 6.92 Å². The summed E-state index contributed by atoms with van der Waals surface area (Å²) in [5.41, 5.74) is 1.35. The summed E-state index contributed by atoms with van der Waals surface area (Å²) in [6.45, 7) is 2.05. The highest BCUT2D eigenvalue weighted by molar-refractivity contribution is 7.98. The summed E-state index contributed by atoms with van der Waals surface area (Å²) >= 11 is 1.73. The van der Waals surface area contributed by atoms with E-state index in [0.717, 1.165) is 11.3 Å². The normalized spacial score (nSPS) is 12.4. The van der Waals surface area contributed by atoms with Gasteiger partial charge in [0.15, 0.2) is 0 Å². The van der Waals surface area contributed by atoms with E-state index in [1.165, 1.54) is 0 Å². The highest BCUT2D eigenvalue weighted by Gasteiger charge is 2.13. The maximum Gasteiger partial charge on any atom is 0.335 e. The number of carboxylic acids is 1. The summed E-state index contributed by atoms with van der Waals surface area (Å²) in [6, 6.07) is 7.20. The van der Waals surface area contributed by atoms with Crippen molar-refractivity contribution in [2.24, 2.45) is 0 Å². The van der Waals surface area contributed by atoms with Crippen LogP contribution in [0.25, 0.3) is 0 Å². The highest BCUT2D eigenvalue weighted by Crippen LogP contribution is 2.22. The molecule has 3 heteroatoms. The SMILES string of the molecule is CSCC(C)c1ccccc1C(=O)O. The van der Waals surface area contributed by atoms with E-state index in [-0.39, 0.29) is 5.92 Å². The van der Waals surface area contributed by atoms with Gasteiger partial charge < -0.3 is 5.11 Å². The van der Waals surface area contributed by atoms with Gasteiger partial charge in [-0.1, -0.05) is 25.1 Å². The Kier molecular flexibility index (Phi) is 4.01. The molecule has 0 spiro atoms. The van der Waals surface area contributed by atoms with E-state index in [1.807, 2.05) is 18.4 Å². The molecule has 76 valence electrons. The average Bonchev–Trinajstić information content (AvgIpc) is 2.18. The van der Waals surface area contributed by atoms with E-state index in [1.54, 1.807) is 23.9 Å². The van der Waals surface area contributed by atoms with Gasteiger partial charge in [0.05, 0.1) is 5.56 Å². The summed E-state index contributed by atoms with van der Waals surface area (Å²) in [4.78, 5) is 10.9. The Morgan fingerprint density at radius 2 is 2.14 bits per heavy atom. The van der Waals surface area contributed by atoms with E-state index in [4.69, 9.17) is 5.11 Å². The first kappa shape index (κ1) is 11.1. The van der Waals surface area contributed by atoms with Gasteiger partial charge in [0.2, 0.25) is 0 Å². The third-order valence-electron chi connectivity index (χ3n) is 2.14. The topological polar surface area (TPSA) is 37.3 Å². The zero-order chi connectivity index (χ0) is 10.6. The largest absolute Gasteiger partial charge is 0.478 e. The highest BCUT2D eigenvalue weighted by atomic mass is 32.2. The van der Waals surface area contributed by atoms with Gasteiger partial charge in [-0.2, -0.15) is 11.8 Å². The number of benzene rings is 1. The van der Waals surface area contributed by atoms with Crippen LogP contribution >= 0.6 is 11.8 Å². The van der Waals surface area contributed by atoms with E-state index in [9.17, 15) is 4.79 Å². The van der Waals surface area contributed by atoms with Crippen molar-refractivity contribution in [1.29, 1.82) is 0 Å². The first-order valence-electron chi connectivity index (χ1n) is 4.48. The van der Waals surface area contributed by atoms with Crippen molar-refractivity contribution in [3.63, 3.8) is 0 Å². The molecule has 1 unspecified atom stereocenters. The third kappa shape index (κ3) is 2.51. The predicted octanol–water partition coefficient (Wildman–Crippen LogP) is 2.85. The first-order valence-corrected chi connectivity index (χ1v) is 5.87. The molecule has 0 aliphatic rings. The minimum Gasteiger partial charge on any atom is -0.478 e. The molecule has 0 amide bonds. The zero-order valence-electron chi connectivity index (χ0n) is 8.36. The number of hydrogen-bond donors (Lipinski definition) is 1. The maximum absolute atomic E-state index is 10.9. The quantitative estimate of drug-likeness (QED) is 0.830. The molecule has 0 bridgehead atoms. The monoisotopic (exact) mass is 210 g/mol. The van der Waals surface area contributed by atoms with Crippen LogP contribution < -0.4 is 0 Å². The van der Waals surface area contributed by atoms with Crippen molar-refractivity contribution < 1.29 is 9.90 Å². The van der Waals surface area contributed by atoms with E-state index < -0.39 is 5.97 Å². The van der Waals surface area contributed by atoms with Crippen LogP contribution in [0.4, 0.5) is 0 Å². The lowest BCUT2D eigenvalue weighted by Crippen LogP contribution is -2.06. The van der Waals surface area contributed by atoms with Gasteiger partial charge in [0, 0.05) is 0 Å². The lowest BCUT2D eigenvalue weighted by molar-refractivity contribution is 0.0695. The molecule has 1 rings (SSSR count). The molecule has 1 aromatic rings. The smallest absolute Gasteiger partial charge is 0.335 e. The molecule has 1 atom stereocenters. The fraction of sp³-hybridized carbons (Fsp3) is 0.364. The minimum atomic E-state index is -0.839. The van der Waals surface area contributed by atoms with Crippen LogP contribution in [0.5, 0.6) is 0 Å². The fourth-order valence-corrected chi connectivity index (χ4v) is 2.14. The van der Waals surface area contributed by atoms with Crippen LogP contribution in [0.15, 0.2) is 24.3 Å². The molecular weight excluding hydrogens is 196 g/mol. The number of carbonyl (C=O) groups is 1. The fourth-order valence-electron chi connectivity index (χ4n) is 1.46. The lowest BCUT2D eigenvalue weighted by Gasteiger charge is -2.12. The molecule has 1 aromatic carbocycles. The van der Waals surface area contributed by atoms with Gasteiger partial charge in [-0.3, -0.25) is 0 Å². The third-order valence-corrected chi connectivity index (χ3v) is 2.97. The Morgan fingerprint density at radius 3 is 2.71 bits per heavy atom. The molecule has 0 radical (unpaired) electrons. The van der Waals surface area contributed by atoms with E-state index in [0.29, 0.717) is 5.56 Å². The Hall–Kier alpha value is -0.960. The second kappa shape index (κ2) is 5.05. The van der Waals surface area contributed by atoms with Crippen molar-refractivity contribution in [3.05, 3.63) is 35.4 Å². The number of thioether (sulfide) groups is 1. The van der Waals surface area contributed by atoms with Crippen LogP contribution in [0.1, 0.15) is 28.8 Å².